The number of carboxylic acids is 1. The molecular weight excluding hydrogens is 316 g/mol. The predicted molar refractivity (Wildman–Crippen MR) is 89.5 cm³/mol. The molecule has 0 aliphatic rings. The highest BCUT2D eigenvalue weighted by molar-refractivity contribution is 7.10. The fourth-order valence-electron chi connectivity index (χ4n) is 2.49. The summed E-state index contributed by atoms with van der Waals surface area (Å²) in [5.41, 5.74) is -1.29. The van der Waals surface area contributed by atoms with E-state index in [2.05, 4.69) is 10.6 Å². The third kappa shape index (κ3) is 4.79. The van der Waals surface area contributed by atoms with Gasteiger partial charge in [-0.1, -0.05) is 12.5 Å². The Morgan fingerprint density at radius 1 is 1.13 bits per heavy atom. The molecule has 0 spiro atoms. The second-order valence-corrected chi connectivity index (χ2v) is 6.15. The van der Waals surface area contributed by atoms with Gasteiger partial charge < -0.3 is 15.7 Å². The predicted octanol–water partition coefficient (Wildman–Crippen LogP) is 1.90. The highest BCUT2D eigenvalue weighted by Crippen LogP contribution is 2.34. The number of hydrogen-bond donors (Lipinski definition) is 3. The van der Waals surface area contributed by atoms with E-state index in [4.69, 9.17) is 5.11 Å². The zero-order valence-electron chi connectivity index (χ0n) is 13.6. The van der Waals surface area contributed by atoms with Gasteiger partial charge in [0.15, 0.2) is 5.41 Å². The molecule has 23 heavy (non-hydrogen) atoms. The summed E-state index contributed by atoms with van der Waals surface area (Å²) in [5.74, 6) is -1.53. The molecule has 6 nitrogen and oxygen atoms in total. The van der Waals surface area contributed by atoms with Crippen LogP contribution in [0, 0.1) is 0 Å². The highest BCUT2D eigenvalue weighted by Gasteiger charge is 2.47. The van der Waals surface area contributed by atoms with Crippen molar-refractivity contribution in [2.75, 3.05) is 13.1 Å². The summed E-state index contributed by atoms with van der Waals surface area (Å²) in [6.07, 6.45) is 1.24. The van der Waals surface area contributed by atoms with Gasteiger partial charge in [0.1, 0.15) is 0 Å². The molecule has 0 aliphatic carbocycles. The van der Waals surface area contributed by atoms with E-state index < -0.39 is 11.4 Å². The van der Waals surface area contributed by atoms with Crippen LogP contribution in [0.4, 0.5) is 0 Å². The highest BCUT2D eigenvalue weighted by atomic mass is 32.1. The SMILES string of the molecule is CCNC(=O)C(CCCCC(=O)O)(C(=O)NCC)c1cccs1. The molecule has 1 rings (SSSR count). The third-order valence-corrected chi connectivity index (χ3v) is 4.62. The summed E-state index contributed by atoms with van der Waals surface area (Å²) >= 11 is 1.36. The summed E-state index contributed by atoms with van der Waals surface area (Å²) in [6.45, 7) is 4.47. The maximum atomic E-state index is 12.7. The summed E-state index contributed by atoms with van der Waals surface area (Å²) in [7, 11) is 0. The smallest absolute Gasteiger partial charge is 0.303 e. The van der Waals surface area contributed by atoms with E-state index in [0.29, 0.717) is 37.2 Å². The number of carbonyl (C=O) groups is 3. The molecule has 1 heterocycles. The molecule has 0 radical (unpaired) electrons. The van der Waals surface area contributed by atoms with Crippen LogP contribution in [0.5, 0.6) is 0 Å². The number of amides is 2. The van der Waals surface area contributed by atoms with Crippen LogP contribution in [0.15, 0.2) is 17.5 Å². The Morgan fingerprint density at radius 2 is 1.74 bits per heavy atom. The Kier molecular flexibility index (Phi) is 7.74. The van der Waals surface area contributed by atoms with Gasteiger partial charge in [-0.05, 0) is 38.1 Å². The number of rotatable bonds is 10. The molecule has 0 bridgehead atoms. The van der Waals surface area contributed by atoms with Crippen molar-refractivity contribution in [1.29, 1.82) is 0 Å². The van der Waals surface area contributed by atoms with Crippen molar-refractivity contribution in [3.8, 4) is 0 Å². The summed E-state index contributed by atoms with van der Waals surface area (Å²) < 4.78 is 0. The number of nitrogens with one attached hydrogen (secondary N) is 2. The average Bonchev–Trinajstić information content (AvgIpc) is 3.02. The lowest BCUT2D eigenvalue weighted by molar-refractivity contribution is -0.138. The topological polar surface area (TPSA) is 95.5 Å². The summed E-state index contributed by atoms with van der Waals surface area (Å²) in [5, 5.41) is 16.1. The molecule has 0 aliphatic heterocycles. The first-order chi connectivity index (χ1) is 11.0. The normalized spacial score (nSPS) is 11.0. The van der Waals surface area contributed by atoms with Gasteiger partial charge >= 0.3 is 5.97 Å². The minimum atomic E-state index is -1.29. The molecule has 0 saturated carbocycles. The van der Waals surface area contributed by atoms with Crippen molar-refractivity contribution >= 4 is 29.1 Å². The molecular formula is C16H24N2O4S. The molecule has 1 aromatic rings. The Morgan fingerprint density at radius 3 is 2.17 bits per heavy atom. The average molecular weight is 340 g/mol. The van der Waals surface area contributed by atoms with Crippen molar-refractivity contribution in [3.63, 3.8) is 0 Å². The quantitative estimate of drug-likeness (QED) is 0.448. The molecule has 0 atom stereocenters. The lowest BCUT2D eigenvalue weighted by atomic mass is 9.78. The Bertz CT molecular complexity index is 510. The standard InChI is InChI=1S/C16H24N2O4S/c1-3-17-14(21)16(15(22)18-4-2,12-8-7-11-23-12)10-6-5-9-13(19)20/h7-8,11H,3-6,9-10H2,1-2H3,(H,17,21)(H,18,22)(H,19,20). The van der Waals surface area contributed by atoms with Crippen LogP contribution in [0.3, 0.4) is 0 Å². The van der Waals surface area contributed by atoms with Gasteiger partial charge in [0, 0.05) is 24.4 Å². The monoisotopic (exact) mass is 340 g/mol. The number of aliphatic carboxylic acids is 1. The van der Waals surface area contributed by atoms with Gasteiger partial charge in [-0.15, -0.1) is 11.3 Å². The number of unbranched alkanes of at least 4 members (excludes halogenated alkanes) is 1. The van der Waals surface area contributed by atoms with Crippen LogP contribution in [0.1, 0.15) is 44.4 Å². The Labute approximate surface area is 140 Å². The van der Waals surface area contributed by atoms with Crippen molar-refractivity contribution in [2.45, 2.75) is 44.9 Å². The molecule has 128 valence electrons. The molecule has 0 fully saturated rings. The first kappa shape index (κ1) is 19.2. The van der Waals surface area contributed by atoms with Crippen molar-refractivity contribution < 1.29 is 19.5 Å². The van der Waals surface area contributed by atoms with Gasteiger partial charge in [-0.3, -0.25) is 14.4 Å². The van der Waals surface area contributed by atoms with E-state index in [1.807, 2.05) is 11.4 Å². The van der Waals surface area contributed by atoms with E-state index in [0.717, 1.165) is 0 Å². The molecule has 3 N–H and O–H groups in total. The maximum absolute atomic E-state index is 12.7. The van der Waals surface area contributed by atoms with E-state index in [1.54, 1.807) is 19.9 Å². The molecule has 1 aromatic heterocycles. The van der Waals surface area contributed by atoms with E-state index in [-0.39, 0.29) is 18.2 Å². The Balaban J connectivity index is 3.10. The molecule has 7 heteroatoms. The van der Waals surface area contributed by atoms with Gasteiger partial charge in [0.25, 0.3) is 0 Å². The van der Waals surface area contributed by atoms with Gasteiger partial charge in [0.05, 0.1) is 0 Å². The zero-order valence-corrected chi connectivity index (χ0v) is 14.4. The number of hydrogen-bond acceptors (Lipinski definition) is 4. The van der Waals surface area contributed by atoms with E-state index >= 15 is 0 Å². The third-order valence-electron chi connectivity index (χ3n) is 3.58. The molecule has 2 amide bonds. The van der Waals surface area contributed by atoms with Gasteiger partial charge in [-0.2, -0.15) is 0 Å². The lowest BCUT2D eigenvalue weighted by Gasteiger charge is -2.30. The summed E-state index contributed by atoms with van der Waals surface area (Å²) in [4.78, 5) is 36.8. The largest absolute Gasteiger partial charge is 0.481 e. The van der Waals surface area contributed by atoms with Gasteiger partial charge in [-0.25, -0.2) is 0 Å². The van der Waals surface area contributed by atoms with Gasteiger partial charge in [0.2, 0.25) is 11.8 Å². The Hall–Kier alpha value is -1.89. The molecule has 0 unspecified atom stereocenters. The zero-order chi connectivity index (χ0) is 17.3. The van der Waals surface area contributed by atoms with Crippen LogP contribution in [-0.4, -0.2) is 36.0 Å². The van der Waals surface area contributed by atoms with Crippen LogP contribution < -0.4 is 10.6 Å². The fourth-order valence-corrected chi connectivity index (χ4v) is 3.44. The minimum Gasteiger partial charge on any atom is -0.481 e. The van der Waals surface area contributed by atoms with Crippen LogP contribution in [-0.2, 0) is 19.8 Å². The van der Waals surface area contributed by atoms with E-state index in [9.17, 15) is 14.4 Å². The maximum Gasteiger partial charge on any atom is 0.303 e. The molecule has 0 saturated heterocycles. The number of carbonyl (C=O) groups excluding carboxylic acids is 2. The number of likely N-dealkylation sites (N-methyl/N-ethyl adjacent to an activating group) is 2. The lowest BCUT2D eigenvalue weighted by Crippen LogP contribution is -2.54. The number of thiophene rings is 1. The number of carboxylic acid groups (broad SMARTS) is 1. The second kappa shape index (κ2) is 9.29. The van der Waals surface area contributed by atoms with Crippen molar-refractivity contribution in [2.24, 2.45) is 0 Å². The first-order valence-corrected chi connectivity index (χ1v) is 8.69. The van der Waals surface area contributed by atoms with Crippen LogP contribution in [0.25, 0.3) is 0 Å². The summed E-state index contributed by atoms with van der Waals surface area (Å²) in [6, 6.07) is 3.59. The minimum absolute atomic E-state index is 0.0330. The molecule has 0 aromatic carbocycles. The van der Waals surface area contributed by atoms with Crippen LogP contribution >= 0.6 is 11.3 Å². The van der Waals surface area contributed by atoms with E-state index in [1.165, 1.54) is 11.3 Å². The van der Waals surface area contributed by atoms with Crippen LogP contribution in [0.2, 0.25) is 0 Å². The second-order valence-electron chi connectivity index (χ2n) is 5.20. The van der Waals surface area contributed by atoms with Crippen molar-refractivity contribution in [3.05, 3.63) is 22.4 Å². The first-order valence-electron chi connectivity index (χ1n) is 7.81. The van der Waals surface area contributed by atoms with Crippen molar-refractivity contribution in [1.82, 2.24) is 10.6 Å². The fraction of sp³-hybridized carbons (Fsp3) is 0.562.